The number of hydrogen-bond donors (Lipinski definition) is 0. The normalized spacial score (nSPS) is 30.7. The van der Waals surface area contributed by atoms with Gasteiger partial charge < -0.3 is 4.90 Å². The lowest BCUT2D eigenvalue weighted by Crippen LogP contribution is -2.40. The smallest absolute Gasteiger partial charge is 0.230 e. The Morgan fingerprint density at radius 3 is 2.57 bits per heavy atom. The Morgan fingerprint density at radius 2 is 2.07 bits per heavy atom. The molecule has 0 aromatic carbocycles. The molecule has 0 bridgehead atoms. The number of carbonyl (C=O) groups excluding carboxylic acids is 2. The topological polar surface area (TPSA) is 37.4 Å². The summed E-state index contributed by atoms with van der Waals surface area (Å²) in [5, 5.41) is 0. The molecule has 0 aromatic heterocycles. The van der Waals surface area contributed by atoms with E-state index in [1.807, 2.05) is 4.90 Å². The van der Waals surface area contributed by atoms with Crippen molar-refractivity contribution in [2.45, 2.75) is 33.1 Å². The summed E-state index contributed by atoms with van der Waals surface area (Å²) in [6.07, 6.45) is 1.90. The third-order valence-electron chi connectivity index (χ3n) is 3.52. The van der Waals surface area contributed by atoms with Crippen LogP contribution in [0.3, 0.4) is 0 Å². The predicted molar refractivity (Wildman–Crippen MR) is 52.7 cm³/mol. The molecule has 2 rings (SSSR count). The number of nitrogens with zero attached hydrogens (tertiary/aromatic N) is 1. The van der Waals surface area contributed by atoms with Gasteiger partial charge >= 0.3 is 0 Å². The minimum absolute atomic E-state index is 0.0314. The third kappa shape index (κ3) is 1.81. The Morgan fingerprint density at radius 1 is 1.43 bits per heavy atom. The van der Waals surface area contributed by atoms with Crippen molar-refractivity contribution in [3.8, 4) is 0 Å². The number of carbonyl (C=O) groups is 2. The number of hydrogen-bond acceptors (Lipinski definition) is 2. The monoisotopic (exact) mass is 195 g/mol. The molecule has 1 aliphatic heterocycles. The van der Waals surface area contributed by atoms with Gasteiger partial charge in [-0.15, -0.1) is 0 Å². The standard InChI is InChI=1S/C11H17NO2/c1-11(2)6-8(11)7-12-4-3-9(13)5-10(12)14/h8H,3-7H2,1-2H3. The molecule has 1 amide bonds. The first-order valence-corrected chi connectivity index (χ1v) is 5.28. The average Bonchev–Trinajstić information content (AvgIpc) is 2.65. The van der Waals surface area contributed by atoms with E-state index >= 15 is 0 Å². The van der Waals surface area contributed by atoms with Crippen molar-refractivity contribution in [3.05, 3.63) is 0 Å². The minimum Gasteiger partial charge on any atom is -0.342 e. The highest BCUT2D eigenvalue weighted by Crippen LogP contribution is 2.51. The lowest BCUT2D eigenvalue weighted by molar-refractivity contribution is -0.139. The van der Waals surface area contributed by atoms with Crippen LogP contribution in [0.15, 0.2) is 0 Å². The first kappa shape index (κ1) is 9.69. The molecule has 2 fully saturated rings. The molecule has 1 aliphatic carbocycles. The van der Waals surface area contributed by atoms with Crippen LogP contribution >= 0.6 is 0 Å². The molecule has 3 nitrogen and oxygen atoms in total. The van der Waals surface area contributed by atoms with E-state index in [2.05, 4.69) is 13.8 Å². The summed E-state index contributed by atoms with van der Waals surface area (Å²) >= 11 is 0. The van der Waals surface area contributed by atoms with Crippen LogP contribution in [-0.2, 0) is 9.59 Å². The Balaban J connectivity index is 1.87. The highest BCUT2D eigenvalue weighted by atomic mass is 16.2. The van der Waals surface area contributed by atoms with E-state index < -0.39 is 0 Å². The van der Waals surface area contributed by atoms with E-state index in [-0.39, 0.29) is 18.1 Å². The predicted octanol–water partition coefficient (Wildman–Crippen LogP) is 1.22. The molecule has 1 saturated heterocycles. The van der Waals surface area contributed by atoms with Crippen LogP contribution in [0.5, 0.6) is 0 Å². The van der Waals surface area contributed by atoms with Crippen molar-refractivity contribution >= 4 is 11.7 Å². The van der Waals surface area contributed by atoms with Crippen LogP contribution in [0.2, 0.25) is 0 Å². The van der Waals surface area contributed by atoms with Crippen LogP contribution in [0, 0.1) is 11.3 Å². The second-order valence-corrected chi connectivity index (χ2v) is 5.19. The van der Waals surface area contributed by atoms with Gasteiger partial charge in [-0.25, -0.2) is 0 Å². The Hall–Kier alpha value is -0.860. The van der Waals surface area contributed by atoms with Crippen molar-refractivity contribution in [1.82, 2.24) is 4.90 Å². The van der Waals surface area contributed by atoms with E-state index in [4.69, 9.17) is 0 Å². The Kier molecular flexibility index (Phi) is 2.13. The summed E-state index contributed by atoms with van der Waals surface area (Å²) in [7, 11) is 0. The fourth-order valence-corrected chi connectivity index (χ4v) is 2.10. The van der Waals surface area contributed by atoms with Crippen molar-refractivity contribution in [1.29, 1.82) is 0 Å². The molecule has 14 heavy (non-hydrogen) atoms. The van der Waals surface area contributed by atoms with Crippen LogP contribution in [0.1, 0.15) is 33.1 Å². The first-order valence-electron chi connectivity index (χ1n) is 5.28. The maximum absolute atomic E-state index is 11.5. The molecule has 1 saturated carbocycles. The summed E-state index contributed by atoms with van der Waals surface area (Å²) in [5.74, 6) is 0.782. The zero-order chi connectivity index (χ0) is 10.3. The summed E-state index contributed by atoms with van der Waals surface area (Å²) in [5.41, 5.74) is 0.418. The van der Waals surface area contributed by atoms with Gasteiger partial charge in [-0.1, -0.05) is 13.8 Å². The van der Waals surface area contributed by atoms with Gasteiger partial charge in [0.1, 0.15) is 5.78 Å². The molecular weight excluding hydrogens is 178 g/mol. The van der Waals surface area contributed by atoms with E-state index in [9.17, 15) is 9.59 Å². The molecule has 1 heterocycles. The molecule has 0 spiro atoms. The van der Waals surface area contributed by atoms with E-state index in [0.717, 1.165) is 6.54 Å². The summed E-state index contributed by atoms with van der Waals surface area (Å²) in [6, 6.07) is 0. The molecule has 3 heteroatoms. The fourth-order valence-electron chi connectivity index (χ4n) is 2.10. The molecule has 0 N–H and O–H groups in total. The van der Waals surface area contributed by atoms with Gasteiger partial charge in [0.15, 0.2) is 0 Å². The van der Waals surface area contributed by atoms with Gasteiger partial charge in [0.05, 0.1) is 6.42 Å². The number of likely N-dealkylation sites (tertiary alicyclic amines) is 1. The van der Waals surface area contributed by atoms with E-state index in [0.29, 0.717) is 24.3 Å². The molecular formula is C11H17NO2. The van der Waals surface area contributed by atoms with Crippen molar-refractivity contribution in [3.63, 3.8) is 0 Å². The number of piperidine rings is 1. The van der Waals surface area contributed by atoms with Crippen molar-refractivity contribution < 1.29 is 9.59 Å². The average molecular weight is 195 g/mol. The van der Waals surface area contributed by atoms with E-state index in [1.54, 1.807) is 0 Å². The molecule has 78 valence electrons. The van der Waals surface area contributed by atoms with Crippen molar-refractivity contribution in [2.75, 3.05) is 13.1 Å². The number of ketones is 1. The zero-order valence-electron chi connectivity index (χ0n) is 8.88. The minimum atomic E-state index is 0.0314. The van der Waals surface area contributed by atoms with Crippen LogP contribution in [0.25, 0.3) is 0 Å². The highest BCUT2D eigenvalue weighted by molar-refractivity contribution is 6.00. The summed E-state index contributed by atoms with van der Waals surface area (Å²) in [4.78, 5) is 24.3. The second-order valence-electron chi connectivity index (χ2n) is 5.19. The van der Waals surface area contributed by atoms with Crippen LogP contribution < -0.4 is 0 Å². The van der Waals surface area contributed by atoms with Crippen LogP contribution in [-0.4, -0.2) is 29.7 Å². The molecule has 1 unspecified atom stereocenters. The van der Waals surface area contributed by atoms with Crippen LogP contribution in [0.4, 0.5) is 0 Å². The first-order chi connectivity index (χ1) is 6.49. The lowest BCUT2D eigenvalue weighted by atomic mass is 10.1. The molecule has 0 radical (unpaired) electrons. The molecule has 2 aliphatic rings. The highest BCUT2D eigenvalue weighted by Gasteiger charge is 2.46. The van der Waals surface area contributed by atoms with Gasteiger partial charge in [0, 0.05) is 19.5 Å². The Labute approximate surface area is 84.5 Å². The maximum Gasteiger partial charge on any atom is 0.230 e. The molecule has 0 aromatic rings. The number of Topliss-reactive ketones (excluding diaryl/α,β-unsaturated/α-hetero) is 1. The maximum atomic E-state index is 11.5. The third-order valence-corrected chi connectivity index (χ3v) is 3.52. The number of rotatable bonds is 2. The zero-order valence-corrected chi connectivity index (χ0v) is 8.88. The quantitative estimate of drug-likeness (QED) is 0.621. The fraction of sp³-hybridized carbons (Fsp3) is 0.818. The largest absolute Gasteiger partial charge is 0.342 e. The van der Waals surface area contributed by atoms with Gasteiger partial charge in [-0.3, -0.25) is 9.59 Å². The van der Waals surface area contributed by atoms with Crippen molar-refractivity contribution in [2.24, 2.45) is 11.3 Å². The Bertz CT molecular complexity index is 283. The summed E-state index contributed by atoms with van der Waals surface area (Å²) in [6.45, 7) is 5.97. The number of amides is 1. The second kappa shape index (κ2) is 3.07. The van der Waals surface area contributed by atoms with Gasteiger partial charge in [-0.2, -0.15) is 0 Å². The summed E-state index contributed by atoms with van der Waals surface area (Å²) < 4.78 is 0. The molecule has 1 atom stereocenters. The van der Waals surface area contributed by atoms with Gasteiger partial charge in [0.25, 0.3) is 0 Å². The van der Waals surface area contributed by atoms with E-state index in [1.165, 1.54) is 6.42 Å². The SMILES string of the molecule is CC1(C)CC1CN1CCC(=O)CC1=O. The van der Waals surface area contributed by atoms with Gasteiger partial charge in [0.2, 0.25) is 5.91 Å². The van der Waals surface area contributed by atoms with Gasteiger partial charge in [-0.05, 0) is 17.8 Å². The lowest BCUT2D eigenvalue weighted by Gasteiger charge is -2.26.